The van der Waals surface area contributed by atoms with Gasteiger partial charge in [-0.2, -0.15) is 0 Å². The molecule has 1 fully saturated rings. The van der Waals surface area contributed by atoms with E-state index in [0.717, 1.165) is 29.2 Å². The van der Waals surface area contributed by atoms with Crippen molar-refractivity contribution in [1.29, 1.82) is 0 Å². The number of methoxy groups -OCH3 is 1. The van der Waals surface area contributed by atoms with Crippen molar-refractivity contribution in [3.05, 3.63) is 45.9 Å². The molecule has 128 valence electrons. The maximum absolute atomic E-state index is 12.7. The number of nitrogens with two attached hydrogens (primary N) is 1. The number of amides is 1. The average Bonchev–Trinajstić information content (AvgIpc) is 3.21. The van der Waals surface area contributed by atoms with Gasteiger partial charge in [0.25, 0.3) is 5.91 Å². The Morgan fingerprint density at radius 3 is 3.04 bits per heavy atom. The molecule has 1 amide bonds. The number of ether oxygens (including phenoxy) is 1. The first-order valence-electron chi connectivity index (χ1n) is 8.25. The van der Waals surface area contributed by atoms with Crippen LogP contribution in [0, 0.1) is 0 Å². The number of aryl methyl sites for hydroxylation is 1. The van der Waals surface area contributed by atoms with Gasteiger partial charge in [0.1, 0.15) is 11.4 Å². The number of rotatable bonds is 5. The van der Waals surface area contributed by atoms with Crippen molar-refractivity contribution in [3.8, 4) is 5.75 Å². The first-order valence-corrected chi connectivity index (χ1v) is 9.13. The van der Waals surface area contributed by atoms with E-state index in [2.05, 4.69) is 11.9 Å². The Balaban J connectivity index is 1.73. The van der Waals surface area contributed by atoms with E-state index in [-0.39, 0.29) is 17.9 Å². The fourth-order valence-electron chi connectivity index (χ4n) is 3.12. The number of thiazole rings is 1. The number of hydrogen-bond acceptors (Lipinski definition) is 5. The van der Waals surface area contributed by atoms with Gasteiger partial charge in [-0.25, -0.2) is 4.98 Å². The summed E-state index contributed by atoms with van der Waals surface area (Å²) in [5.74, 6) is 0.917. The molecule has 0 spiro atoms. The van der Waals surface area contributed by atoms with Gasteiger partial charge in [-0.1, -0.05) is 19.1 Å². The highest BCUT2D eigenvalue weighted by atomic mass is 32.1. The van der Waals surface area contributed by atoms with Crippen molar-refractivity contribution < 1.29 is 9.53 Å². The molecule has 1 saturated heterocycles. The summed E-state index contributed by atoms with van der Waals surface area (Å²) in [6, 6.07) is 7.85. The van der Waals surface area contributed by atoms with Gasteiger partial charge in [-0.3, -0.25) is 4.79 Å². The number of aromatic nitrogens is 1. The molecule has 0 radical (unpaired) electrons. The third-order valence-corrected chi connectivity index (χ3v) is 5.32. The lowest BCUT2D eigenvalue weighted by Crippen LogP contribution is -2.32. The van der Waals surface area contributed by atoms with Crippen LogP contribution in [0.15, 0.2) is 29.6 Å². The summed E-state index contributed by atoms with van der Waals surface area (Å²) in [4.78, 5) is 19.0. The zero-order chi connectivity index (χ0) is 17.1. The molecule has 2 atom stereocenters. The van der Waals surface area contributed by atoms with Crippen molar-refractivity contribution in [2.75, 3.05) is 20.2 Å². The van der Waals surface area contributed by atoms with Crippen molar-refractivity contribution in [3.63, 3.8) is 0 Å². The molecule has 0 bridgehead atoms. The molecule has 6 heteroatoms. The van der Waals surface area contributed by atoms with E-state index < -0.39 is 0 Å². The monoisotopic (exact) mass is 345 g/mol. The predicted octanol–water partition coefficient (Wildman–Crippen LogP) is 2.67. The van der Waals surface area contributed by atoms with Gasteiger partial charge in [-0.15, -0.1) is 11.3 Å². The van der Waals surface area contributed by atoms with Gasteiger partial charge in [0, 0.05) is 30.4 Å². The van der Waals surface area contributed by atoms with Crippen molar-refractivity contribution in [1.82, 2.24) is 9.88 Å². The van der Waals surface area contributed by atoms with E-state index in [0.29, 0.717) is 18.8 Å². The van der Waals surface area contributed by atoms with E-state index in [1.165, 1.54) is 0 Å². The quantitative estimate of drug-likeness (QED) is 0.904. The van der Waals surface area contributed by atoms with E-state index in [9.17, 15) is 4.79 Å². The largest absolute Gasteiger partial charge is 0.497 e. The first-order chi connectivity index (χ1) is 11.6. The number of carbonyl (C=O) groups excluding carboxylic acids is 1. The van der Waals surface area contributed by atoms with Gasteiger partial charge in [0.2, 0.25) is 0 Å². The fourth-order valence-corrected chi connectivity index (χ4v) is 3.99. The minimum Gasteiger partial charge on any atom is -0.497 e. The normalized spacial score (nSPS) is 20.4. The maximum Gasteiger partial charge on any atom is 0.273 e. The Kier molecular flexibility index (Phi) is 5.16. The zero-order valence-electron chi connectivity index (χ0n) is 14.1. The molecule has 0 saturated carbocycles. The van der Waals surface area contributed by atoms with Gasteiger partial charge in [0.05, 0.1) is 12.1 Å². The second-order valence-electron chi connectivity index (χ2n) is 6.13. The average molecular weight is 345 g/mol. The summed E-state index contributed by atoms with van der Waals surface area (Å²) in [5.41, 5.74) is 7.97. The standard InChI is InChI=1S/C18H23N3O2S/c1-3-5-17-20-16(11-24-17)18(22)21-9-14(15(19)10-21)12-6-4-7-13(8-12)23-2/h4,6-8,11,14-15H,3,5,9-10,19H2,1-2H3/t14-,15+/m1/s1. The smallest absolute Gasteiger partial charge is 0.273 e. The lowest BCUT2D eigenvalue weighted by molar-refractivity contribution is 0.0784. The van der Waals surface area contributed by atoms with Crippen molar-refractivity contribution >= 4 is 17.2 Å². The number of likely N-dealkylation sites (tertiary alicyclic amines) is 1. The van der Waals surface area contributed by atoms with Gasteiger partial charge in [0.15, 0.2) is 0 Å². The summed E-state index contributed by atoms with van der Waals surface area (Å²) < 4.78 is 5.29. The van der Waals surface area contributed by atoms with E-state index >= 15 is 0 Å². The van der Waals surface area contributed by atoms with Gasteiger partial charge >= 0.3 is 0 Å². The fraction of sp³-hybridized carbons (Fsp3) is 0.444. The molecule has 1 aromatic heterocycles. The minimum absolute atomic E-state index is 0.0190. The molecule has 2 heterocycles. The van der Waals surface area contributed by atoms with Crippen LogP contribution in [0.5, 0.6) is 5.75 Å². The van der Waals surface area contributed by atoms with Crippen LogP contribution in [0.4, 0.5) is 0 Å². The Morgan fingerprint density at radius 2 is 2.29 bits per heavy atom. The molecule has 5 nitrogen and oxygen atoms in total. The van der Waals surface area contributed by atoms with Crippen LogP contribution in [-0.4, -0.2) is 42.0 Å². The second-order valence-corrected chi connectivity index (χ2v) is 7.08. The first kappa shape index (κ1) is 16.9. The summed E-state index contributed by atoms with van der Waals surface area (Å²) in [5, 5.41) is 2.88. The van der Waals surface area contributed by atoms with Crippen molar-refractivity contribution in [2.45, 2.75) is 31.7 Å². The Bertz CT molecular complexity index is 716. The number of nitrogens with zero attached hydrogens (tertiary/aromatic N) is 2. The van der Waals surface area contributed by atoms with E-state index in [4.69, 9.17) is 10.5 Å². The molecule has 1 aliphatic heterocycles. The molecule has 1 aromatic carbocycles. The highest BCUT2D eigenvalue weighted by Crippen LogP contribution is 2.29. The topological polar surface area (TPSA) is 68.5 Å². The van der Waals surface area contributed by atoms with Crippen molar-refractivity contribution in [2.24, 2.45) is 5.73 Å². The maximum atomic E-state index is 12.7. The minimum atomic E-state index is -0.0743. The van der Waals surface area contributed by atoms with Crippen LogP contribution in [0.1, 0.15) is 40.3 Å². The number of hydrogen-bond donors (Lipinski definition) is 1. The van der Waals surface area contributed by atoms with Crippen LogP contribution in [0.2, 0.25) is 0 Å². The predicted molar refractivity (Wildman–Crippen MR) is 95.7 cm³/mol. The summed E-state index contributed by atoms with van der Waals surface area (Å²) in [6.45, 7) is 3.29. The zero-order valence-corrected chi connectivity index (χ0v) is 14.9. The second kappa shape index (κ2) is 7.32. The number of benzene rings is 1. The third kappa shape index (κ3) is 3.44. The molecule has 0 aliphatic carbocycles. The third-order valence-electron chi connectivity index (χ3n) is 4.41. The molecular formula is C18H23N3O2S. The van der Waals surface area contributed by atoms with Crippen LogP contribution in [-0.2, 0) is 6.42 Å². The SMILES string of the molecule is CCCc1nc(C(=O)N2C[C@H](c3cccc(OC)c3)[C@@H](N)C2)cs1. The molecule has 2 N–H and O–H groups in total. The van der Waals surface area contributed by atoms with Crippen LogP contribution >= 0.6 is 11.3 Å². The van der Waals surface area contributed by atoms with E-state index in [1.807, 2.05) is 34.5 Å². The Morgan fingerprint density at radius 1 is 1.46 bits per heavy atom. The van der Waals surface area contributed by atoms with Crippen LogP contribution in [0.25, 0.3) is 0 Å². The molecule has 1 aliphatic rings. The lowest BCUT2D eigenvalue weighted by Gasteiger charge is -2.16. The molecule has 3 rings (SSSR count). The highest BCUT2D eigenvalue weighted by molar-refractivity contribution is 7.09. The summed E-state index contributed by atoms with van der Waals surface area (Å²) >= 11 is 1.56. The molecule has 24 heavy (non-hydrogen) atoms. The Hall–Kier alpha value is -1.92. The molecule has 0 unspecified atom stereocenters. The van der Waals surface area contributed by atoms with E-state index in [1.54, 1.807) is 18.4 Å². The lowest BCUT2D eigenvalue weighted by atomic mass is 9.95. The molecular weight excluding hydrogens is 322 g/mol. The summed E-state index contributed by atoms with van der Waals surface area (Å²) in [6.07, 6.45) is 1.96. The number of carbonyl (C=O) groups is 1. The van der Waals surface area contributed by atoms with Gasteiger partial charge < -0.3 is 15.4 Å². The highest BCUT2D eigenvalue weighted by Gasteiger charge is 2.35. The van der Waals surface area contributed by atoms with Crippen LogP contribution < -0.4 is 10.5 Å². The Labute approximate surface area is 146 Å². The van der Waals surface area contributed by atoms with Gasteiger partial charge in [-0.05, 0) is 30.5 Å². The molecule has 2 aromatic rings. The van der Waals surface area contributed by atoms with Crippen LogP contribution in [0.3, 0.4) is 0 Å². The summed E-state index contributed by atoms with van der Waals surface area (Å²) in [7, 11) is 1.65.